The number of para-hydroxylation sites is 2. The molecule has 0 aliphatic carbocycles. The number of rotatable bonds is 4. The molecule has 0 fully saturated rings. The van der Waals surface area contributed by atoms with E-state index in [1.807, 2.05) is 25.1 Å². The van der Waals surface area contributed by atoms with Gasteiger partial charge in [-0.05, 0) is 24.6 Å². The van der Waals surface area contributed by atoms with E-state index in [2.05, 4.69) is 4.98 Å². The topological polar surface area (TPSA) is 79.2 Å². The van der Waals surface area contributed by atoms with Gasteiger partial charge >= 0.3 is 0 Å². The lowest BCUT2D eigenvalue weighted by Gasteiger charge is -2.23. The summed E-state index contributed by atoms with van der Waals surface area (Å²) in [6.07, 6.45) is 2.23. The molecule has 2 aromatic rings. The number of amides is 1. The van der Waals surface area contributed by atoms with E-state index in [-0.39, 0.29) is 11.5 Å². The fourth-order valence-corrected chi connectivity index (χ4v) is 1.99. The Labute approximate surface area is 117 Å². The fourth-order valence-electron chi connectivity index (χ4n) is 1.99. The third-order valence-electron chi connectivity index (χ3n) is 2.95. The summed E-state index contributed by atoms with van der Waals surface area (Å²) in [6.45, 7) is 2.55. The average molecular weight is 271 g/mol. The highest BCUT2D eigenvalue weighted by molar-refractivity contribution is 6.07. The molecule has 0 bridgehead atoms. The Balaban J connectivity index is 2.38. The molecule has 3 N–H and O–H groups in total. The molecule has 1 heterocycles. The summed E-state index contributed by atoms with van der Waals surface area (Å²) in [4.78, 5) is 27.7. The first-order valence-electron chi connectivity index (χ1n) is 6.48. The van der Waals surface area contributed by atoms with Crippen molar-refractivity contribution < 1.29 is 4.79 Å². The molecular formula is C15H17N3O2. The summed E-state index contributed by atoms with van der Waals surface area (Å²) >= 11 is 0. The van der Waals surface area contributed by atoms with Crippen LogP contribution in [0.4, 0.5) is 11.4 Å². The van der Waals surface area contributed by atoms with Crippen LogP contribution in [-0.4, -0.2) is 17.4 Å². The first-order valence-corrected chi connectivity index (χ1v) is 6.48. The third kappa shape index (κ3) is 2.88. The summed E-state index contributed by atoms with van der Waals surface area (Å²) in [5, 5.41) is 0. The second-order valence-corrected chi connectivity index (χ2v) is 4.46. The number of hydrogen-bond donors (Lipinski definition) is 2. The number of benzene rings is 1. The normalized spacial score (nSPS) is 10.2. The van der Waals surface area contributed by atoms with Crippen LogP contribution in [0.15, 0.2) is 47.4 Å². The molecule has 1 amide bonds. The Kier molecular flexibility index (Phi) is 4.20. The molecular weight excluding hydrogens is 254 g/mol. The second kappa shape index (κ2) is 6.06. The number of nitrogens with two attached hydrogens (primary N) is 1. The van der Waals surface area contributed by atoms with Gasteiger partial charge < -0.3 is 15.6 Å². The zero-order chi connectivity index (χ0) is 14.5. The van der Waals surface area contributed by atoms with E-state index >= 15 is 0 Å². The molecule has 1 aromatic carbocycles. The van der Waals surface area contributed by atoms with E-state index in [0.717, 1.165) is 6.42 Å². The SMILES string of the molecule is CCCN(C(=O)c1ccc(=O)[nH]c1)c1ccccc1N. The minimum absolute atomic E-state index is 0.180. The lowest BCUT2D eigenvalue weighted by Crippen LogP contribution is -2.32. The van der Waals surface area contributed by atoms with Gasteiger partial charge in [-0.1, -0.05) is 19.1 Å². The van der Waals surface area contributed by atoms with Gasteiger partial charge in [-0.25, -0.2) is 0 Å². The van der Waals surface area contributed by atoms with Crippen LogP contribution < -0.4 is 16.2 Å². The molecule has 0 unspecified atom stereocenters. The van der Waals surface area contributed by atoms with Crippen LogP contribution in [-0.2, 0) is 0 Å². The standard InChI is InChI=1S/C15H17N3O2/c1-2-9-18(13-6-4-3-5-12(13)16)15(20)11-7-8-14(19)17-10-11/h3-8,10H,2,9,16H2,1H3,(H,17,19). The van der Waals surface area contributed by atoms with Crippen molar-refractivity contribution in [3.63, 3.8) is 0 Å². The Bertz CT molecular complexity index is 644. The number of nitrogens with zero attached hydrogens (tertiary/aromatic N) is 1. The van der Waals surface area contributed by atoms with Crippen LogP contribution in [0.25, 0.3) is 0 Å². The van der Waals surface area contributed by atoms with Crippen LogP contribution in [0.5, 0.6) is 0 Å². The quantitative estimate of drug-likeness (QED) is 0.835. The van der Waals surface area contributed by atoms with Crippen molar-refractivity contribution in [1.82, 2.24) is 4.98 Å². The minimum atomic E-state index is -0.234. The molecule has 0 radical (unpaired) electrons. The summed E-state index contributed by atoms with van der Waals surface area (Å²) in [6, 6.07) is 10.1. The maximum Gasteiger partial charge on any atom is 0.259 e. The molecule has 0 aliphatic rings. The number of hydrogen-bond acceptors (Lipinski definition) is 3. The molecule has 0 aliphatic heterocycles. The molecule has 1 aromatic heterocycles. The second-order valence-electron chi connectivity index (χ2n) is 4.46. The molecule has 0 saturated heterocycles. The van der Waals surface area contributed by atoms with E-state index in [9.17, 15) is 9.59 Å². The van der Waals surface area contributed by atoms with Crippen LogP contribution in [0, 0.1) is 0 Å². The molecule has 0 spiro atoms. The Morgan fingerprint density at radius 2 is 2.00 bits per heavy atom. The zero-order valence-electron chi connectivity index (χ0n) is 11.3. The summed E-state index contributed by atoms with van der Waals surface area (Å²) in [5.41, 5.74) is 7.38. The molecule has 5 nitrogen and oxygen atoms in total. The van der Waals surface area contributed by atoms with Gasteiger partial charge in [0, 0.05) is 18.8 Å². The molecule has 104 valence electrons. The highest BCUT2D eigenvalue weighted by atomic mass is 16.2. The highest BCUT2D eigenvalue weighted by Gasteiger charge is 2.18. The predicted octanol–water partition coefficient (Wildman–Crippen LogP) is 2.01. The van der Waals surface area contributed by atoms with Crippen molar-refractivity contribution in [3.05, 3.63) is 58.5 Å². The first kappa shape index (κ1) is 13.9. The van der Waals surface area contributed by atoms with Crippen LogP contribution in [0.3, 0.4) is 0 Å². The monoisotopic (exact) mass is 271 g/mol. The molecule has 5 heteroatoms. The lowest BCUT2D eigenvalue weighted by atomic mass is 10.2. The van der Waals surface area contributed by atoms with Gasteiger partial charge in [-0.15, -0.1) is 0 Å². The fraction of sp³-hybridized carbons (Fsp3) is 0.200. The number of nitrogen functional groups attached to an aromatic ring is 1. The van der Waals surface area contributed by atoms with Crippen LogP contribution in [0.1, 0.15) is 23.7 Å². The van der Waals surface area contributed by atoms with E-state index in [1.54, 1.807) is 11.0 Å². The molecule has 0 atom stereocenters. The number of nitrogens with one attached hydrogen (secondary N) is 1. The van der Waals surface area contributed by atoms with Crippen molar-refractivity contribution in [2.45, 2.75) is 13.3 Å². The Morgan fingerprint density at radius 1 is 1.25 bits per heavy atom. The van der Waals surface area contributed by atoms with Gasteiger partial charge in [0.2, 0.25) is 5.56 Å². The number of H-pyrrole nitrogens is 1. The zero-order valence-corrected chi connectivity index (χ0v) is 11.3. The minimum Gasteiger partial charge on any atom is -0.397 e. The highest BCUT2D eigenvalue weighted by Crippen LogP contribution is 2.24. The lowest BCUT2D eigenvalue weighted by molar-refractivity contribution is 0.0986. The number of carbonyl (C=O) groups excluding carboxylic acids is 1. The van der Waals surface area contributed by atoms with Crippen molar-refractivity contribution in [1.29, 1.82) is 0 Å². The summed E-state index contributed by atoms with van der Waals surface area (Å²) in [7, 11) is 0. The number of carbonyl (C=O) groups is 1. The van der Waals surface area contributed by atoms with Gasteiger partial charge in [0.25, 0.3) is 5.91 Å². The smallest absolute Gasteiger partial charge is 0.259 e. The van der Waals surface area contributed by atoms with Gasteiger partial charge in [0.15, 0.2) is 0 Å². The third-order valence-corrected chi connectivity index (χ3v) is 2.95. The van der Waals surface area contributed by atoms with E-state index in [1.165, 1.54) is 18.3 Å². The van der Waals surface area contributed by atoms with E-state index < -0.39 is 0 Å². The van der Waals surface area contributed by atoms with Gasteiger partial charge in [-0.2, -0.15) is 0 Å². The average Bonchev–Trinajstić information content (AvgIpc) is 2.46. The Morgan fingerprint density at radius 3 is 2.60 bits per heavy atom. The molecule has 20 heavy (non-hydrogen) atoms. The van der Waals surface area contributed by atoms with Gasteiger partial charge in [-0.3, -0.25) is 9.59 Å². The van der Waals surface area contributed by atoms with E-state index in [0.29, 0.717) is 23.5 Å². The number of aromatic amines is 1. The largest absolute Gasteiger partial charge is 0.397 e. The number of anilines is 2. The predicted molar refractivity (Wildman–Crippen MR) is 79.9 cm³/mol. The maximum atomic E-state index is 12.5. The van der Waals surface area contributed by atoms with Crippen molar-refractivity contribution in [2.24, 2.45) is 0 Å². The maximum absolute atomic E-state index is 12.5. The van der Waals surface area contributed by atoms with Crippen molar-refractivity contribution >= 4 is 17.3 Å². The Hall–Kier alpha value is -2.56. The van der Waals surface area contributed by atoms with E-state index in [4.69, 9.17) is 5.73 Å². The number of aromatic nitrogens is 1. The van der Waals surface area contributed by atoms with Crippen LogP contribution in [0.2, 0.25) is 0 Å². The van der Waals surface area contributed by atoms with Crippen molar-refractivity contribution in [2.75, 3.05) is 17.2 Å². The van der Waals surface area contributed by atoms with Crippen molar-refractivity contribution in [3.8, 4) is 0 Å². The van der Waals surface area contributed by atoms with Gasteiger partial charge in [0.05, 0.1) is 16.9 Å². The van der Waals surface area contributed by atoms with Crippen LogP contribution >= 0.6 is 0 Å². The molecule has 2 rings (SSSR count). The number of pyridine rings is 1. The van der Waals surface area contributed by atoms with Gasteiger partial charge in [0.1, 0.15) is 0 Å². The first-order chi connectivity index (χ1) is 9.63. The molecule has 0 saturated carbocycles. The summed E-state index contributed by atoms with van der Waals surface area (Å²) < 4.78 is 0. The summed E-state index contributed by atoms with van der Waals surface area (Å²) in [5.74, 6) is -0.180.